The number of anilines is 1. The minimum Gasteiger partial charge on any atom is -0.496 e. The summed E-state index contributed by atoms with van der Waals surface area (Å²) in [4.78, 5) is 21.4. The number of carbonyl (C=O) groups is 1. The lowest BCUT2D eigenvalue weighted by atomic mass is 9.95. The number of pyridine rings is 1. The Morgan fingerprint density at radius 2 is 1.82 bits per heavy atom. The van der Waals surface area contributed by atoms with Crippen LogP contribution in [0.25, 0.3) is 11.1 Å². The van der Waals surface area contributed by atoms with Gasteiger partial charge in [-0.25, -0.2) is 22.9 Å². The minimum atomic E-state index is -4.95. The standard InChI is InChI=1S/C31H31F6N3O4/c1-17-28(20-13-19(27(32)29(33)34)14-21(15-20)31(35,36)37)44-30(42)40(17)16-24-22(5-7-26(38-24)39-9-3-10-39)23-12-18(8-11-41)4-6-25(23)43-2/h4-7,12-15,17,27-29,41H,3,8-11,16H2,1-2H3/t17-,27?,28-/m0/s1. The average Bonchev–Trinajstić information content (AvgIpc) is 3.24. The van der Waals surface area contributed by atoms with Gasteiger partial charge in [0.15, 0.2) is 6.17 Å². The fourth-order valence-electron chi connectivity index (χ4n) is 5.46. The molecule has 44 heavy (non-hydrogen) atoms. The molecule has 0 spiro atoms. The van der Waals surface area contributed by atoms with Crippen molar-refractivity contribution in [2.45, 2.75) is 57.2 Å². The fourth-order valence-corrected chi connectivity index (χ4v) is 5.46. The molecule has 1 unspecified atom stereocenters. The van der Waals surface area contributed by atoms with Crippen LogP contribution >= 0.6 is 0 Å². The van der Waals surface area contributed by atoms with Crippen molar-refractivity contribution in [2.24, 2.45) is 0 Å². The van der Waals surface area contributed by atoms with E-state index in [9.17, 15) is 36.2 Å². The highest BCUT2D eigenvalue weighted by molar-refractivity contribution is 5.76. The molecular formula is C31H31F6N3O4. The molecule has 0 bridgehead atoms. The summed E-state index contributed by atoms with van der Waals surface area (Å²) in [6.07, 6.45) is -12.2. The van der Waals surface area contributed by atoms with Gasteiger partial charge in [-0.15, -0.1) is 0 Å². The SMILES string of the molecule is COc1ccc(CCO)cc1-c1ccc(N2CCC2)nc1CN1C(=O)O[C@H](c2cc(C(F)C(F)F)cc(C(F)(F)F)c2)[C@@H]1C. The van der Waals surface area contributed by atoms with Gasteiger partial charge in [0.1, 0.15) is 17.7 Å². The molecule has 1 N–H and O–H groups in total. The van der Waals surface area contributed by atoms with Crippen LogP contribution < -0.4 is 9.64 Å². The molecule has 5 rings (SSSR count). The van der Waals surface area contributed by atoms with Crippen molar-refractivity contribution >= 4 is 11.9 Å². The predicted octanol–water partition coefficient (Wildman–Crippen LogP) is 6.88. The van der Waals surface area contributed by atoms with Gasteiger partial charge in [0.25, 0.3) is 6.43 Å². The maximum Gasteiger partial charge on any atom is 0.416 e. The van der Waals surface area contributed by atoms with Crippen LogP contribution in [0.4, 0.5) is 37.0 Å². The molecule has 0 radical (unpaired) electrons. The second-order valence-corrected chi connectivity index (χ2v) is 10.8. The third-order valence-corrected chi connectivity index (χ3v) is 7.98. The van der Waals surface area contributed by atoms with Gasteiger partial charge >= 0.3 is 12.3 Å². The molecule has 1 aromatic heterocycles. The molecular weight excluding hydrogens is 592 g/mol. The number of ether oxygens (including phenoxy) is 2. The van der Waals surface area contributed by atoms with Crippen LogP contribution in [0.5, 0.6) is 5.75 Å². The van der Waals surface area contributed by atoms with E-state index < -0.39 is 48.1 Å². The molecule has 2 fully saturated rings. The summed E-state index contributed by atoms with van der Waals surface area (Å²) in [5, 5.41) is 9.47. The third-order valence-electron chi connectivity index (χ3n) is 7.98. The second-order valence-electron chi connectivity index (χ2n) is 10.8. The molecule has 0 aliphatic carbocycles. The molecule has 236 valence electrons. The number of amides is 1. The monoisotopic (exact) mass is 623 g/mol. The highest BCUT2D eigenvalue weighted by Gasteiger charge is 2.42. The van der Waals surface area contributed by atoms with Crippen molar-refractivity contribution in [3.63, 3.8) is 0 Å². The number of cyclic esters (lactones) is 1. The van der Waals surface area contributed by atoms with E-state index in [0.29, 0.717) is 46.9 Å². The number of halogens is 6. The molecule has 2 saturated heterocycles. The van der Waals surface area contributed by atoms with E-state index >= 15 is 0 Å². The summed E-state index contributed by atoms with van der Waals surface area (Å²) in [6.45, 7) is 2.99. The van der Waals surface area contributed by atoms with Gasteiger partial charge in [-0.3, -0.25) is 4.90 Å². The van der Waals surface area contributed by atoms with Crippen molar-refractivity contribution in [1.29, 1.82) is 0 Å². The lowest BCUT2D eigenvalue weighted by molar-refractivity contribution is -0.137. The number of hydrogen-bond acceptors (Lipinski definition) is 6. The zero-order valence-corrected chi connectivity index (χ0v) is 24.0. The quantitative estimate of drug-likeness (QED) is 0.248. The Balaban J connectivity index is 1.53. The zero-order chi connectivity index (χ0) is 31.8. The Hall–Kier alpha value is -4.00. The molecule has 0 saturated carbocycles. The van der Waals surface area contributed by atoms with E-state index in [2.05, 4.69) is 4.90 Å². The minimum absolute atomic E-state index is 0.0684. The number of nitrogens with zero attached hydrogens (tertiary/aromatic N) is 3. The van der Waals surface area contributed by atoms with E-state index in [-0.39, 0.29) is 18.7 Å². The molecule has 3 atom stereocenters. The first-order valence-electron chi connectivity index (χ1n) is 14.1. The average molecular weight is 624 g/mol. The van der Waals surface area contributed by atoms with Gasteiger partial charge in [-0.1, -0.05) is 6.07 Å². The summed E-state index contributed by atoms with van der Waals surface area (Å²) in [6, 6.07) is 10.2. The van der Waals surface area contributed by atoms with Crippen molar-refractivity contribution in [1.82, 2.24) is 9.88 Å². The first-order chi connectivity index (χ1) is 20.9. The van der Waals surface area contributed by atoms with Crippen molar-refractivity contribution in [3.05, 3.63) is 76.5 Å². The topological polar surface area (TPSA) is 75.1 Å². The smallest absolute Gasteiger partial charge is 0.416 e. The summed E-state index contributed by atoms with van der Waals surface area (Å²) < 4.78 is 92.5. The Kier molecular flexibility index (Phi) is 8.96. The van der Waals surface area contributed by atoms with Crippen LogP contribution in [-0.2, 0) is 23.9 Å². The van der Waals surface area contributed by atoms with Gasteiger partial charge in [0.2, 0.25) is 0 Å². The number of benzene rings is 2. The Morgan fingerprint density at radius 3 is 2.43 bits per heavy atom. The van der Waals surface area contributed by atoms with Crippen molar-refractivity contribution in [2.75, 3.05) is 31.7 Å². The van der Waals surface area contributed by atoms with Crippen molar-refractivity contribution < 1.29 is 45.7 Å². The Bertz CT molecular complexity index is 1510. The number of rotatable bonds is 10. The number of hydrogen-bond donors (Lipinski definition) is 1. The van der Waals surface area contributed by atoms with Gasteiger partial charge < -0.3 is 19.5 Å². The summed E-state index contributed by atoms with van der Waals surface area (Å²) in [7, 11) is 1.51. The molecule has 2 aliphatic heterocycles. The van der Waals surface area contributed by atoms with Gasteiger partial charge in [0.05, 0.1) is 31.0 Å². The lowest BCUT2D eigenvalue weighted by Gasteiger charge is -2.33. The molecule has 1 amide bonds. The fraction of sp³-hybridized carbons (Fsp3) is 0.419. The maximum atomic E-state index is 14.2. The first kappa shape index (κ1) is 31.4. The lowest BCUT2D eigenvalue weighted by Crippen LogP contribution is -2.38. The molecule has 3 heterocycles. The number of aliphatic hydroxyl groups excluding tert-OH is 1. The molecule has 13 heteroatoms. The van der Waals surface area contributed by atoms with Gasteiger partial charge in [-0.2, -0.15) is 13.2 Å². The highest BCUT2D eigenvalue weighted by atomic mass is 19.4. The van der Waals surface area contributed by atoms with Crippen LogP contribution in [0.2, 0.25) is 0 Å². The largest absolute Gasteiger partial charge is 0.496 e. The number of aliphatic hydroxyl groups is 1. The number of aromatic nitrogens is 1. The molecule has 3 aromatic rings. The zero-order valence-electron chi connectivity index (χ0n) is 24.0. The molecule has 2 aromatic carbocycles. The van der Waals surface area contributed by atoms with E-state index in [1.165, 1.54) is 12.0 Å². The highest BCUT2D eigenvalue weighted by Crippen LogP contribution is 2.41. The van der Waals surface area contributed by atoms with E-state index in [0.717, 1.165) is 31.1 Å². The van der Waals surface area contributed by atoms with Gasteiger partial charge in [0, 0.05) is 30.8 Å². The number of carbonyl (C=O) groups excluding carboxylic acids is 1. The maximum absolute atomic E-state index is 14.2. The van der Waals surface area contributed by atoms with Crippen molar-refractivity contribution in [3.8, 4) is 16.9 Å². The van der Waals surface area contributed by atoms with Crippen LogP contribution in [0.3, 0.4) is 0 Å². The molecule has 7 nitrogen and oxygen atoms in total. The summed E-state index contributed by atoms with van der Waals surface area (Å²) in [5.41, 5.74) is 0.172. The third kappa shape index (κ3) is 6.28. The predicted molar refractivity (Wildman–Crippen MR) is 149 cm³/mol. The van der Waals surface area contributed by atoms with Crippen LogP contribution in [0, 0.1) is 0 Å². The van der Waals surface area contributed by atoms with E-state index in [1.807, 2.05) is 24.3 Å². The second kappa shape index (κ2) is 12.5. The van der Waals surface area contributed by atoms with E-state index in [4.69, 9.17) is 14.5 Å². The Labute approximate surface area is 250 Å². The summed E-state index contributed by atoms with van der Waals surface area (Å²) in [5.74, 6) is 1.21. The van der Waals surface area contributed by atoms with E-state index in [1.54, 1.807) is 13.0 Å². The van der Waals surface area contributed by atoms with Crippen LogP contribution in [0.1, 0.15) is 53.6 Å². The van der Waals surface area contributed by atoms with Crippen LogP contribution in [0.15, 0.2) is 48.5 Å². The number of methoxy groups -OCH3 is 1. The van der Waals surface area contributed by atoms with Crippen LogP contribution in [-0.4, -0.2) is 60.4 Å². The van der Waals surface area contributed by atoms with Gasteiger partial charge in [-0.05, 0) is 78.9 Å². The first-order valence-corrected chi connectivity index (χ1v) is 14.1. The summed E-state index contributed by atoms with van der Waals surface area (Å²) >= 11 is 0. The Morgan fingerprint density at radius 1 is 1.07 bits per heavy atom. The molecule has 2 aliphatic rings. The normalized spacial score (nSPS) is 19.3. The number of alkyl halides is 6.